The number of nitrogens with one attached hydrogen (secondary N) is 4. The summed E-state index contributed by atoms with van der Waals surface area (Å²) in [6.45, 7) is 3.70. The minimum atomic E-state index is -1.69. The average Bonchev–Trinajstić information content (AvgIpc) is 3.27. The SMILES string of the molecule is CCC(C)C(N)C(=O)NC(Cc1c[nH]c2ccccc12)C(=O)NC(CS)C(=O)NC(CC(=O)O)C(=O)O. The summed E-state index contributed by atoms with van der Waals surface area (Å²) in [6.07, 6.45) is 1.60. The molecule has 0 saturated carbocycles. The first-order chi connectivity index (χ1) is 17.5. The molecule has 8 N–H and O–H groups in total. The standard InChI is InChI=1S/C24H33N5O7S/c1-3-12(2)20(25)23(34)27-16(8-13-10-26-15-7-5-4-6-14(13)15)21(32)29-18(11-37)22(33)28-17(24(35)36)9-19(30)31/h4-7,10,12,16-18,20,26,37H,3,8-9,11,25H2,1-2H3,(H,27,34)(H,28,33)(H,29,32)(H,30,31)(H,35,36). The van der Waals surface area contributed by atoms with Gasteiger partial charge in [0.1, 0.15) is 18.1 Å². The summed E-state index contributed by atoms with van der Waals surface area (Å²) >= 11 is 4.07. The van der Waals surface area contributed by atoms with Gasteiger partial charge in [-0.25, -0.2) is 4.79 Å². The van der Waals surface area contributed by atoms with Crippen molar-refractivity contribution in [2.45, 2.75) is 57.3 Å². The lowest BCUT2D eigenvalue weighted by Gasteiger charge is -2.25. The number of hydrogen-bond donors (Lipinski definition) is 8. The van der Waals surface area contributed by atoms with Gasteiger partial charge in [0, 0.05) is 29.3 Å². The van der Waals surface area contributed by atoms with Gasteiger partial charge in [-0.15, -0.1) is 0 Å². The van der Waals surface area contributed by atoms with Crippen LogP contribution in [0, 0.1) is 5.92 Å². The lowest BCUT2D eigenvalue weighted by molar-refractivity contribution is -0.147. The average molecular weight is 536 g/mol. The molecular formula is C24H33N5O7S. The predicted octanol–water partition coefficient (Wildman–Crippen LogP) is 0.0273. The van der Waals surface area contributed by atoms with Crippen LogP contribution in [0.4, 0.5) is 0 Å². The number of carboxylic acid groups (broad SMARTS) is 2. The van der Waals surface area contributed by atoms with Gasteiger partial charge in [-0.3, -0.25) is 19.2 Å². The third-order valence-electron chi connectivity index (χ3n) is 6.10. The van der Waals surface area contributed by atoms with Gasteiger partial charge in [-0.2, -0.15) is 12.6 Å². The van der Waals surface area contributed by atoms with Gasteiger partial charge < -0.3 is 36.9 Å². The monoisotopic (exact) mass is 535 g/mol. The van der Waals surface area contributed by atoms with Crippen molar-refractivity contribution in [2.75, 3.05) is 5.75 Å². The summed E-state index contributed by atoms with van der Waals surface area (Å²) in [5.74, 6) is -5.48. The number of carbonyl (C=O) groups is 5. The number of aromatic nitrogens is 1. The van der Waals surface area contributed by atoms with Crippen LogP contribution >= 0.6 is 12.6 Å². The van der Waals surface area contributed by atoms with E-state index in [0.717, 1.165) is 16.5 Å². The highest BCUT2D eigenvalue weighted by Gasteiger charge is 2.31. The summed E-state index contributed by atoms with van der Waals surface area (Å²) < 4.78 is 0. The zero-order valence-corrected chi connectivity index (χ0v) is 21.5. The van der Waals surface area contributed by atoms with E-state index in [-0.39, 0.29) is 18.1 Å². The molecule has 202 valence electrons. The van der Waals surface area contributed by atoms with Crippen molar-refractivity contribution in [1.29, 1.82) is 0 Å². The summed E-state index contributed by atoms with van der Waals surface area (Å²) in [5.41, 5.74) is 7.63. The quantitative estimate of drug-likeness (QED) is 0.155. The van der Waals surface area contributed by atoms with E-state index in [1.54, 1.807) is 6.20 Å². The minimum Gasteiger partial charge on any atom is -0.481 e. The predicted molar refractivity (Wildman–Crippen MR) is 139 cm³/mol. The highest BCUT2D eigenvalue weighted by atomic mass is 32.1. The molecule has 37 heavy (non-hydrogen) atoms. The van der Waals surface area contributed by atoms with Crippen molar-refractivity contribution >= 4 is 53.2 Å². The summed E-state index contributed by atoms with van der Waals surface area (Å²) in [7, 11) is 0. The van der Waals surface area contributed by atoms with Crippen LogP contribution in [0.5, 0.6) is 0 Å². The number of aliphatic carboxylic acids is 2. The number of carbonyl (C=O) groups excluding carboxylic acids is 3. The topological polar surface area (TPSA) is 204 Å². The van der Waals surface area contributed by atoms with Gasteiger partial charge in [-0.1, -0.05) is 38.5 Å². The number of benzene rings is 1. The van der Waals surface area contributed by atoms with Crippen molar-refractivity contribution in [3.8, 4) is 0 Å². The molecule has 2 rings (SSSR count). The van der Waals surface area contributed by atoms with Crippen LogP contribution in [0.25, 0.3) is 10.9 Å². The van der Waals surface area contributed by atoms with Gasteiger partial charge in [0.25, 0.3) is 0 Å². The molecule has 1 heterocycles. The molecule has 1 aromatic heterocycles. The van der Waals surface area contributed by atoms with Crippen molar-refractivity contribution in [2.24, 2.45) is 11.7 Å². The van der Waals surface area contributed by atoms with Gasteiger partial charge in [0.15, 0.2) is 0 Å². The summed E-state index contributed by atoms with van der Waals surface area (Å²) in [4.78, 5) is 64.1. The zero-order chi connectivity index (χ0) is 27.7. The zero-order valence-electron chi connectivity index (χ0n) is 20.6. The molecule has 13 heteroatoms. The molecule has 5 unspecified atom stereocenters. The number of amides is 3. The normalized spacial score (nSPS) is 15.1. The Bertz CT molecular complexity index is 1140. The van der Waals surface area contributed by atoms with E-state index in [2.05, 4.69) is 33.6 Å². The smallest absolute Gasteiger partial charge is 0.326 e. The molecule has 0 bridgehead atoms. The molecule has 5 atom stereocenters. The maximum absolute atomic E-state index is 13.3. The van der Waals surface area contributed by atoms with Crippen LogP contribution in [0.15, 0.2) is 30.5 Å². The van der Waals surface area contributed by atoms with E-state index < -0.39 is 60.2 Å². The van der Waals surface area contributed by atoms with E-state index in [9.17, 15) is 29.1 Å². The Kier molecular flexibility index (Phi) is 10.9. The molecular weight excluding hydrogens is 502 g/mol. The van der Waals surface area contributed by atoms with Gasteiger partial charge in [-0.05, 0) is 17.5 Å². The Hall–Kier alpha value is -3.58. The third kappa shape index (κ3) is 8.22. The number of fused-ring (bicyclic) bond motifs is 1. The number of nitrogens with two attached hydrogens (primary N) is 1. The number of thiol groups is 1. The number of para-hydroxylation sites is 1. The lowest BCUT2D eigenvalue weighted by atomic mass is 9.98. The maximum Gasteiger partial charge on any atom is 0.326 e. The molecule has 0 radical (unpaired) electrons. The van der Waals surface area contributed by atoms with Crippen molar-refractivity contribution < 1.29 is 34.2 Å². The van der Waals surface area contributed by atoms with E-state index in [1.165, 1.54) is 0 Å². The second kappa shape index (κ2) is 13.7. The summed E-state index contributed by atoms with van der Waals surface area (Å²) in [6, 6.07) is 2.44. The molecule has 0 aliphatic heterocycles. The van der Waals surface area contributed by atoms with Crippen LogP contribution in [-0.4, -0.2) is 74.8 Å². The Labute approximate surface area is 219 Å². The molecule has 1 aromatic carbocycles. The number of rotatable bonds is 14. The van der Waals surface area contributed by atoms with Crippen LogP contribution in [0.2, 0.25) is 0 Å². The number of carboxylic acids is 2. The first kappa shape index (κ1) is 29.6. The largest absolute Gasteiger partial charge is 0.481 e. The fourth-order valence-electron chi connectivity index (χ4n) is 3.62. The molecule has 2 aromatic rings. The minimum absolute atomic E-state index is 0.0759. The molecule has 0 aliphatic carbocycles. The van der Waals surface area contributed by atoms with Gasteiger partial charge in [0.05, 0.1) is 12.5 Å². The number of hydrogen-bond acceptors (Lipinski definition) is 7. The van der Waals surface area contributed by atoms with Crippen molar-refractivity contribution in [3.63, 3.8) is 0 Å². The van der Waals surface area contributed by atoms with Gasteiger partial charge >= 0.3 is 11.9 Å². The van der Waals surface area contributed by atoms with Crippen LogP contribution in [-0.2, 0) is 30.4 Å². The second-order valence-electron chi connectivity index (χ2n) is 8.78. The molecule has 0 saturated heterocycles. The Morgan fingerprint density at radius 1 is 0.973 bits per heavy atom. The van der Waals surface area contributed by atoms with E-state index in [4.69, 9.17) is 10.8 Å². The molecule has 0 fully saturated rings. The van der Waals surface area contributed by atoms with E-state index in [1.807, 2.05) is 38.1 Å². The van der Waals surface area contributed by atoms with Gasteiger partial charge in [0.2, 0.25) is 17.7 Å². The summed E-state index contributed by atoms with van der Waals surface area (Å²) in [5, 5.41) is 26.2. The van der Waals surface area contributed by atoms with E-state index >= 15 is 0 Å². The first-order valence-electron chi connectivity index (χ1n) is 11.8. The van der Waals surface area contributed by atoms with E-state index in [0.29, 0.717) is 6.42 Å². The maximum atomic E-state index is 13.3. The Balaban J connectivity index is 2.25. The molecule has 0 spiro atoms. The van der Waals surface area contributed by atoms with Crippen molar-refractivity contribution in [1.82, 2.24) is 20.9 Å². The van der Waals surface area contributed by atoms with Crippen LogP contribution < -0.4 is 21.7 Å². The first-order valence-corrected chi connectivity index (χ1v) is 12.4. The number of H-pyrrole nitrogens is 1. The third-order valence-corrected chi connectivity index (χ3v) is 6.47. The highest BCUT2D eigenvalue weighted by molar-refractivity contribution is 7.80. The Morgan fingerprint density at radius 3 is 2.16 bits per heavy atom. The lowest BCUT2D eigenvalue weighted by Crippen LogP contribution is -2.58. The highest BCUT2D eigenvalue weighted by Crippen LogP contribution is 2.19. The fraction of sp³-hybridized carbons (Fsp3) is 0.458. The van der Waals surface area contributed by atoms with Crippen molar-refractivity contribution in [3.05, 3.63) is 36.0 Å². The molecule has 0 aliphatic rings. The number of aromatic amines is 1. The molecule has 12 nitrogen and oxygen atoms in total. The Morgan fingerprint density at radius 2 is 1.57 bits per heavy atom. The fourth-order valence-corrected chi connectivity index (χ4v) is 3.88. The second-order valence-corrected chi connectivity index (χ2v) is 9.14. The van der Waals surface area contributed by atoms with Crippen LogP contribution in [0.1, 0.15) is 32.3 Å². The van der Waals surface area contributed by atoms with Crippen LogP contribution in [0.3, 0.4) is 0 Å². The molecule has 3 amide bonds.